The van der Waals surface area contributed by atoms with Crippen LogP contribution in [-0.2, 0) is 4.74 Å². The third-order valence-corrected chi connectivity index (χ3v) is 1.71. The SMILES string of the molecule is COC(=O)c1cccc(C#CC(C)O)c1. The summed E-state index contributed by atoms with van der Waals surface area (Å²) in [5.41, 5.74) is 1.13. The minimum atomic E-state index is -0.674. The molecule has 1 unspecified atom stereocenters. The van der Waals surface area contributed by atoms with Crippen molar-refractivity contribution < 1.29 is 14.6 Å². The fourth-order valence-electron chi connectivity index (χ4n) is 1.03. The van der Waals surface area contributed by atoms with E-state index in [4.69, 9.17) is 5.11 Å². The van der Waals surface area contributed by atoms with Crippen molar-refractivity contribution in [2.24, 2.45) is 0 Å². The number of aliphatic hydroxyl groups excluding tert-OH is 1. The van der Waals surface area contributed by atoms with Crippen molar-refractivity contribution in [2.75, 3.05) is 7.11 Å². The second kappa shape index (κ2) is 5.18. The van der Waals surface area contributed by atoms with Gasteiger partial charge in [0.1, 0.15) is 6.10 Å². The number of benzene rings is 1. The first-order valence-electron chi connectivity index (χ1n) is 4.51. The van der Waals surface area contributed by atoms with Crippen LogP contribution in [-0.4, -0.2) is 24.3 Å². The largest absolute Gasteiger partial charge is 0.465 e. The molecule has 0 aliphatic heterocycles. The summed E-state index contributed by atoms with van der Waals surface area (Å²) in [6.45, 7) is 1.58. The highest BCUT2D eigenvalue weighted by Gasteiger charge is 2.03. The number of carbonyl (C=O) groups excluding carboxylic acids is 1. The number of aliphatic hydroxyl groups is 1. The van der Waals surface area contributed by atoms with Crippen molar-refractivity contribution in [1.82, 2.24) is 0 Å². The molecular weight excluding hydrogens is 192 g/mol. The van der Waals surface area contributed by atoms with Gasteiger partial charge in [0, 0.05) is 5.56 Å². The third kappa shape index (κ3) is 3.45. The van der Waals surface area contributed by atoms with E-state index in [1.54, 1.807) is 31.2 Å². The van der Waals surface area contributed by atoms with Crippen LogP contribution in [0.15, 0.2) is 24.3 Å². The Hall–Kier alpha value is -1.79. The Labute approximate surface area is 88.7 Å². The molecule has 78 valence electrons. The van der Waals surface area contributed by atoms with E-state index in [0.717, 1.165) is 0 Å². The van der Waals surface area contributed by atoms with Crippen LogP contribution in [0.1, 0.15) is 22.8 Å². The molecule has 1 aromatic rings. The van der Waals surface area contributed by atoms with Crippen LogP contribution in [0.5, 0.6) is 0 Å². The van der Waals surface area contributed by atoms with Gasteiger partial charge in [-0.3, -0.25) is 0 Å². The zero-order valence-corrected chi connectivity index (χ0v) is 8.65. The highest BCUT2D eigenvalue weighted by atomic mass is 16.5. The summed E-state index contributed by atoms with van der Waals surface area (Å²) in [7, 11) is 1.33. The van der Waals surface area contributed by atoms with Gasteiger partial charge in [0.15, 0.2) is 0 Å². The maximum Gasteiger partial charge on any atom is 0.337 e. The summed E-state index contributed by atoms with van der Waals surface area (Å²) in [4.78, 5) is 11.2. The molecule has 0 fully saturated rings. The van der Waals surface area contributed by atoms with Gasteiger partial charge in [0.25, 0.3) is 0 Å². The molecule has 15 heavy (non-hydrogen) atoms. The number of carbonyl (C=O) groups is 1. The lowest BCUT2D eigenvalue weighted by Crippen LogP contribution is -2.01. The van der Waals surface area contributed by atoms with Gasteiger partial charge < -0.3 is 9.84 Å². The first kappa shape index (κ1) is 11.3. The van der Waals surface area contributed by atoms with E-state index in [2.05, 4.69) is 16.6 Å². The van der Waals surface area contributed by atoms with Gasteiger partial charge in [-0.2, -0.15) is 0 Å². The Morgan fingerprint density at radius 3 is 2.87 bits per heavy atom. The number of esters is 1. The number of ether oxygens (including phenoxy) is 1. The van der Waals surface area contributed by atoms with Crippen molar-refractivity contribution >= 4 is 5.97 Å². The van der Waals surface area contributed by atoms with E-state index < -0.39 is 12.1 Å². The fraction of sp³-hybridized carbons (Fsp3) is 0.250. The van der Waals surface area contributed by atoms with Gasteiger partial charge in [-0.1, -0.05) is 17.9 Å². The second-order valence-corrected chi connectivity index (χ2v) is 3.02. The van der Waals surface area contributed by atoms with Crippen molar-refractivity contribution in [2.45, 2.75) is 13.0 Å². The normalized spacial score (nSPS) is 11.1. The molecule has 1 rings (SSSR count). The molecule has 0 spiro atoms. The lowest BCUT2D eigenvalue weighted by Gasteiger charge is -1.98. The van der Waals surface area contributed by atoms with E-state index >= 15 is 0 Å². The third-order valence-electron chi connectivity index (χ3n) is 1.71. The van der Waals surface area contributed by atoms with E-state index in [0.29, 0.717) is 11.1 Å². The van der Waals surface area contributed by atoms with Crippen LogP contribution in [0.3, 0.4) is 0 Å². The Morgan fingerprint density at radius 2 is 2.27 bits per heavy atom. The van der Waals surface area contributed by atoms with Crippen LogP contribution in [0.2, 0.25) is 0 Å². The predicted octanol–water partition coefficient (Wildman–Crippen LogP) is 1.21. The Bertz CT molecular complexity index is 410. The predicted molar refractivity (Wildman–Crippen MR) is 56.3 cm³/mol. The molecule has 0 aliphatic rings. The summed E-state index contributed by atoms with van der Waals surface area (Å²) in [5, 5.41) is 8.97. The van der Waals surface area contributed by atoms with Crippen molar-refractivity contribution in [3.63, 3.8) is 0 Å². The van der Waals surface area contributed by atoms with E-state index in [1.807, 2.05) is 0 Å². The summed E-state index contributed by atoms with van der Waals surface area (Å²) >= 11 is 0. The molecule has 0 aliphatic carbocycles. The Balaban J connectivity index is 2.94. The van der Waals surface area contributed by atoms with Gasteiger partial charge in [0.05, 0.1) is 12.7 Å². The minimum Gasteiger partial charge on any atom is -0.465 e. The van der Waals surface area contributed by atoms with Crippen molar-refractivity contribution in [3.8, 4) is 11.8 Å². The van der Waals surface area contributed by atoms with Gasteiger partial charge in [0.2, 0.25) is 0 Å². The van der Waals surface area contributed by atoms with Gasteiger partial charge >= 0.3 is 5.97 Å². The van der Waals surface area contributed by atoms with Gasteiger partial charge in [-0.05, 0) is 25.1 Å². The number of hydrogen-bond acceptors (Lipinski definition) is 3. The molecular formula is C12H12O3. The minimum absolute atomic E-state index is 0.393. The van der Waals surface area contributed by atoms with E-state index in [1.165, 1.54) is 7.11 Å². The zero-order chi connectivity index (χ0) is 11.3. The Kier molecular flexibility index (Phi) is 3.90. The van der Waals surface area contributed by atoms with Crippen LogP contribution in [0.4, 0.5) is 0 Å². The molecule has 0 heterocycles. The van der Waals surface area contributed by atoms with E-state index in [-0.39, 0.29) is 0 Å². The van der Waals surface area contributed by atoms with Gasteiger partial charge in [-0.25, -0.2) is 4.79 Å². The van der Waals surface area contributed by atoms with E-state index in [9.17, 15) is 4.79 Å². The topological polar surface area (TPSA) is 46.5 Å². The molecule has 0 bridgehead atoms. The first-order valence-corrected chi connectivity index (χ1v) is 4.51. The molecule has 3 heteroatoms. The van der Waals surface area contributed by atoms with Crippen LogP contribution >= 0.6 is 0 Å². The standard InChI is InChI=1S/C12H12O3/c1-9(13)6-7-10-4-3-5-11(8-10)12(14)15-2/h3-5,8-9,13H,1-2H3. The smallest absolute Gasteiger partial charge is 0.337 e. The lowest BCUT2D eigenvalue weighted by atomic mass is 10.1. The molecule has 3 nitrogen and oxygen atoms in total. The lowest BCUT2D eigenvalue weighted by molar-refractivity contribution is 0.0600. The summed E-state index contributed by atoms with van der Waals surface area (Å²) in [6.07, 6.45) is -0.674. The van der Waals surface area contributed by atoms with Crippen LogP contribution in [0.25, 0.3) is 0 Å². The molecule has 0 aromatic heterocycles. The molecule has 1 atom stereocenters. The maximum absolute atomic E-state index is 11.2. The molecule has 1 aromatic carbocycles. The second-order valence-electron chi connectivity index (χ2n) is 3.02. The molecule has 0 saturated carbocycles. The zero-order valence-electron chi connectivity index (χ0n) is 8.65. The van der Waals surface area contributed by atoms with Crippen molar-refractivity contribution in [3.05, 3.63) is 35.4 Å². The average molecular weight is 204 g/mol. The number of hydrogen-bond donors (Lipinski definition) is 1. The van der Waals surface area contributed by atoms with Crippen LogP contribution in [0, 0.1) is 11.8 Å². The maximum atomic E-state index is 11.2. The number of methoxy groups -OCH3 is 1. The van der Waals surface area contributed by atoms with Crippen LogP contribution < -0.4 is 0 Å². The summed E-state index contributed by atoms with van der Waals surface area (Å²) < 4.78 is 4.58. The first-order chi connectivity index (χ1) is 7.13. The highest BCUT2D eigenvalue weighted by molar-refractivity contribution is 5.89. The summed E-state index contributed by atoms with van der Waals surface area (Å²) in [5.74, 6) is 4.96. The van der Waals surface area contributed by atoms with Gasteiger partial charge in [-0.15, -0.1) is 0 Å². The average Bonchev–Trinajstić information content (AvgIpc) is 2.25. The highest BCUT2D eigenvalue weighted by Crippen LogP contribution is 2.05. The summed E-state index contributed by atoms with van der Waals surface area (Å²) in [6, 6.07) is 6.76. The Morgan fingerprint density at radius 1 is 1.53 bits per heavy atom. The van der Waals surface area contributed by atoms with Crippen molar-refractivity contribution in [1.29, 1.82) is 0 Å². The quantitative estimate of drug-likeness (QED) is 0.552. The molecule has 0 saturated heterocycles. The molecule has 0 amide bonds. The molecule has 0 radical (unpaired) electrons. The fourth-order valence-corrected chi connectivity index (χ4v) is 1.03. The monoisotopic (exact) mass is 204 g/mol. The molecule has 1 N–H and O–H groups in total. The number of rotatable bonds is 1.